The fourth-order valence-electron chi connectivity index (χ4n) is 3.47. The quantitative estimate of drug-likeness (QED) is 0.676. The number of fused-ring (bicyclic) bond motifs is 4. The van der Waals surface area contributed by atoms with Gasteiger partial charge in [-0.05, 0) is 60.6 Å². The first-order valence-corrected chi connectivity index (χ1v) is 6.13. The first kappa shape index (κ1) is 8.20. The third kappa shape index (κ3) is 1.04. The van der Waals surface area contributed by atoms with Gasteiger partial charge in [-0.2, -0.15) is 0 Å². The smallest absolute Gasteiger partial charge is 0.0378 e. The molecule has 2 aliphatic carbocycles. The number of hydrogen-bond donors (Lipinski definition) is 1. The van der Waals surface area contributed by atoms with Crippen molar-refractivity contribution in [3.8, 4) is 0 Å². The van der Waals surface area contributed by atoms with Crippen molar-refractivity contribution in [2.75, 3.05) is 11.9 Å². The normalized spacial score (nSPS) is 33.7. The van der Waals surface area contributed by atoms with Crippen molar-refractivity contribution in [2.45, 2.75) is 32.1 Å². The Morgan fingerprint density at radius 3 is 3.00 bits per heavy atom. The molecule has 0 saturated heterocycles. The largest absolute Gasteiger partial charge is 0.384 e. The van der Waals surface area contributed by atoms with Crippen LogP contribution in [0, 0.1) is 18.3 Å². The Morgan fingerprint density at radius 1 is 1.33 bits per heavy atom. The van der Waals surface area contributed by atoms with Crippen molar-refractivity contribution < 1.29 is 0 Å². The highest BCUT2D eigenvalue weighted by atomic mass is 14.9. The monoisotopic (exact) mass is 199 g/mol. The van der Waals surface area contributed by atoms with Crippen molar-refractivity contribution in [1.82, 2.24) is 0 Å². The van der Waals surface area contributed by atoms with E-state index in [2.05, 4.69) is 30.4 Å². The van der Waals surface area contributed by atoms with E-state index in [0.29, 0.717) is 5.41 Å². The van der Waals surface area contributed by atoms with Gasteiger partial charge in [-0.25, -0.2) is 0 Å². The van der Waals surface area contributed by atoms with Crippen LogP contribution in [0.15, 0.2) is 18.2 Å². The molecule has 1 aromatic carbocycles. The predicted octanol–water partition coefficient (Wildman–Crippen LogP) is 3.30. The van der Waals surface area contributed by atoms with E-state index in [9.17, 15) is 0 Å². The highest BCUT2D eigenvalue weighted by Crippen LogP contribution is 2.69. The molecule has 1 aromatic rings. The van der Waals surface area contributed by atoms with E-state index in [1.165, 1.54) is 37.1 Å². The fraction of sp³-hybridized carbons (Fsp3) is 0.571. The lowest BCUT2D eigenvalue weighted by Crippen LogP contribution is -2.16. The maximum atomic E-state index is 3.68. The Bertz CT molecular complexity index is 431. The lowest BCUT2D eigenvalue weighted by molar-refractivity contribution is 0.462. The third-order valence-electron chi connectivity index (χ3n) is 4.71. The molecule has 0 bridgehead atoms. The van der Waals surface area contributed by atoms with E-state index < -0.39 is 0 Å². The zero-order valence-electron chi connectivity index (χ0n) is 9.22. The Morgan fingerprint density at radius 2 is 2.20 bits per heavy atom. The van der Waals surface area contributed by atoms with Gasteiger partial charge in [0.2, 0.25) is 0 Å². The number of rotatable bonds is 0. The minimum atomic E-state index is 0.706. The summed E-state index contributed by atoms with van der Waals surface area (Å²) in [5.74, 6) is 1.90. The van der Waals surface area contributed by atoms with E-state index in [1.54, 1.807) is 5.56 Å². The Kier molecular flexibility index (Phi) is 1.31. The van der Waals surface area contributed by atoms with E-state index >= 15 is 0 Å². The molecular weight excluding hydrogens is 182 g/mol. The van der Waals surface area contributed by atoms with E-state index in [0.717, 1.165) is 11.8 Å². The molecule has 78 valence electrons. The first-order valence-electron chi connectivity index (χ1n) is 6.13. The molecule has 0 amide bonds. The SMILES string of the molecule is Cc1ccc2c(c1)NCC1(CC1)[C@@H]1C[C@H]21. The van der Waals surface area contributed by atoms with Crippen LogP contribution in [-0.2, 0) is 0 Å². The van der Waals surface area contributed by atoms with E-state index in [4.69, 9.17) is 0 Å². The van der Waals surface area contributed by atoms with Gasteiger partial charge in [-0.15, -0.1) is 0 Å². The molecule has 1 heteroatoms. The summed E-state index contributed by atoms with van der Waals surface area (Å²) >= 11 is 0. The van der Waals surface area contributed by atoms with Gasteiger partial charge in [-0.3, -0.25) is 0 Å². The molecule has 0 aromatic heterocycles. The number of hydrogen-bond acceptors (Lipinski definition) is 1. The van der Waals surface area contributed by atoms with Crippen molar-refractivity contribution in [1.29, 1.82) is 0 Å². The molecule has 1 aliphatic heterocycles. The highest BCUT2D eigenvalue weighted by molar-refractivity contribution is 5.58. The number of anilines is 1. The number of aryl methyl sites for hydroxylation is 1. The molecule has 2 fully saturated rings. The van der Waals surface area contributed by atoms with Gasteiger partial charge in [0.25, 0.3) is 0 Å². The number of nitrogens with one attached hydrogen (secondary N) is 1. The molecule has 15 heavy (non-hydrogen) atoms. The molecule has 0 radical (unpaired) electrons. The second-order valence-corrected chi connectivity index (χ2v) is 5.76. The molecule has 4 rings (SSSR count). The summed E-state index contributed by atoms with van der Waals surface area (Å²) in [7, 11) is 0. The second-order valence-electron chi connectivity index (χ2n) is 5.76. The van der Waals surface area contributed by atoms with Gasteiger partial charge in [-0.1, -0.05) is 12.1 Å². The van der Waals surface area contributed by atoms with Crippen LogP contribution in [0.1, 0.15) is 36.3 Å². The molecule has 0 unspecified atom stereocenters. The average molecular weight is 199 g/mol. The van der Waals surface area contributed by atoms with Gasteiger partial charge in [0.1, 0.15) is 0 Å². The van der Waals surface area contributed by atoms with Crippen LogP contribution in [0.2, 0.25) is 0 Å². The van der Waals surface area contributed by atoms with Crippen molar-refractivity contribution in [3.05, 3.63) is 29.3 Å². The summed E-state index contributed by atoms with van der Waals surface area (Å²) in [5, 5.41) is 3.68. The topological polar surface area (TPSA) is 12.0 Å². The zero-order valence-corrected chi connectivity index (χ0v) is 9.22. The Hall–Kier alpha value is -0.980. The van der Waals surface area contributed by atoms with Crippen LogP contribution in [0.3, 0.4) is 0 Å². The maximum absolute atomic E-state index is 3.68. The fourth-order valence-corrected chi connectivity index (χ4v) is 3.47. The van der Waals surface area contributed by atoms with Crippen LogP contribution in [0.5, 0.6) is 0 Å². The van der Waals surface area contributed by atoms with Gasteiger partial charge in [0.15, 0.2) is 0 Å². The van der Waals surface area contributed by atoms with Crippen LogP contribution in [0.4, 0.5) is 5.69 Å². The van der Waals surface area contributed by atoms with Crippen LogP contribution < -0.4 is 5.32 Å². The second kappa shape index (κ2) is 2.40. The summed E-state index contributed by atoms with van der Waals surface area (Å²) < 4.78 is 0. The lowest BCUT2D eigenvalue weighted by Gasteiger charge is -2.14. The first-order chi connectivity index (χ1) is 7.28. The van der Waals surface area contributed by atoms with E-state index in [-0.39, 0.29) is 0 Å². The molecule has 1 heterocycles. The minimum Gasteiger partial charge on any atom is -0.384 e. The minimum absolute atomic E-state index is 0.706. The summed E-state index contributed by atoms with van der Waals surface area (Å²) in [5.41, 5.74) is 5.10. The summed E-state index contributed by atoms with van der Waals surface area (Å²) in [6.07, 6.45) is 4.39. The van der Waals surface area contributed by atoms with Gasteiger partial charge >= 0.3 is 0 Å². The molecule has 3 aliphatic rings. The van der Waals surface area contributed by atoms with Crippen LogP contribution >= 0.6 is 0 Å². The van der Waals surface area contributed by atoms with Gasteiger partial charge < -0.3 is 5.32 Å². The molecule has 2 saturated carbocycles. The van der Waals surface area contributed by atoms with Crippen molar-refractivity contribution in [2.24, 2.45) is 11.3 Å². The molecule has 1 N–H and O–H groups in total. The van der Waals surface area contributed by atoms with E-state index in [1.807, 2.05) is 0 Å². The van der Waals surface area contributed by atoms with Crippen LogP contribution in [0.25, 0.3) is 0 Å². The predicted molar refractivity (Wildman–Crippen MR) is 62.2 cm³/mol. The molecule has 1 spiro atoms. The highest BCUT2D eigenvalue weighted by Gasteiger charge is 2.60. The molecule has 1 nitrogen and oxygen atoms in total. The lowest BCUT2D eigenvalue weighted by atomic mass is 9.98. The molecule has 2 atom stereocenters. The average Bonchev–Trinajstić information content (AvgIpc) is 3.08. The summed E-state index contributed by atoms with van der Waals surface area (Å²) in [6, 6.07) is 6.94. The van der Waals surface area contributed by atoms with Crippen molar-refractivity contribution in [3.63, 3.8) is 0 Å². The summed E-state index contributed by atoms with van der Waals surface area (Å²) in [4.78, 5) is 0. The Labute approximate surface area is 90.9 Å². The van der Waals surface area contributed by atoms with Gasteiger partial charge in [0, 0.05) is 12.2 Å². The third-order valence-corrected chi connectivity index (χ3v) is 4.71. The number of benzene rings is 1. The summed E-state index contributed by atoms with van der Waals surface area (Å²) in [6.45, 7) is 3.41. The standard InChI is InChI=1S/C14H17N/c1-9-2-3-10-11-7-12(11)14(4-5-14)8-15-13(10)6-9/h2-3,6,11-12,15H,4-5,7-8H2,1H3/t11-,12-/m1/s1. The maximum Gasteiger partial charge on any atom is 0.0378 e. The van der Waals surface area contributed by atoms with Gasteiger partial charge in [0.05, 0.1) is 0 Å². The zero-order chi connectivity index (χ0) is 10.0. The molecular formula is C14H17N. The Balaban J connectivity index is 1.80. The van der Waals surface area contributed by atoms with Crippen molar-refractivity contribution >= 4 is 5.69 Å². The van der Waals surface area contributed by atoms with Crippen LogP contribution in [-0.4, -0.2) is 6.54 Å².